The van der Waals surface area contributed by atoms with Gasteiger partial charge in [0.25, 0.3) is 0 Å². The van der Waals surface area contributed by atoms with Gasteiger partial charge in [0.1, 0.15) is 0 Å². The maximum absolute atomic E-state index is 4.35. The van der Waals surface area contributed by atoms with Crippen molar-refractivity contribution in [2.45, 2.75) is 51.5 Å². The quantitative estimate of drug-likeness (QED) is 0.219. The van der Waals surface area contributed by atoms with Crippen LogP contribution in [-0.2, 0) is 0 Å². The van der Waals surface area contributed by atoms with E-state index in [1.54, 1.807) is 0 Å². The molecule has 0 atom stereocenters. The van der Waals surface area contributed by atoms with Gasteiger partial charge in [0, 0.05) is 39.3 Å². The van der Waals surface area contributed by atoms with Crippen molar-refractivity contribution in [2.75, 3.05) is 33.2 Å². The minimum Gasteiger partial charge on any atom is -0.356 e. The molecule has 1 saturated heterocycles. The molecule has 1 aliphatic heterocycles. The normalized spacial score (nSPS) is 20.4. The predicted molar refractivity (Wildman–Crippen MR) is 106 cm³/mol. The molecule has 22 heavy (non-hydrogen) atoms. The zero-order valence-corrected chi connectivity index (χ0v) is 16.6. The Balaban J connectivity index is 0.00000242. The molecule has 0 bridgehead atoms. The molecule has 0 spiro atoms. The first-order valence-corrected chi connectivity index (χ1v) is 8.51. The third-order valence-corrected chi connectivity index (χ3v) is 4.42. The first-order chi connectivity index (χ1) is 10.2. The standard InChI is InChI=1S/C17H32N4.HI/c1-14(2)13-21-11-8-16(9-12-21)20-17(18-3)19-10-4-5-15-6-7-15;/h15-16H,1,4-13H2,2-3H3,(H2,18,19,20);1H. The van der Waals surface area contributed by atoms with Crippen molar-refractivity contribution in [3.05, 3.63) is 12.2 Å². The van der Waals surface area contributed by atoms with Crippen LogP contribution in [0.15, 0.2) is 17.1 Å². The zero-order chi connectivity index (χ0) is 15.1. The van der Waals surface area contributed by atoms with E-state index in [1.165, 1.54) is 44.1 Å². The second-order valence-electron chi connectivity index (χ2n) is 6.74. The first-order valence-electron chi connectivity index (χ1n) is 8.51. The Bertz CT molecular complexity index is 358. The maximum Gasteiger partial charge on any atom is 0.191 e. The number of aliphatic imine (C=N–C) groups is 1. The highest BCUT2D eigenvalue weighted by molar-refractivity contribution is 14.0. The van der Waals surface area contributed by atoms with Gasteiger partial charge in [-0.15, -0.1) is 24.0 Å². The van der Waals surface area contributed by atoms with E-state index in [0.717, 1.165) is 38.1 Å². The van der Waals surface area contributed by atoms with Crippen molar-refractivity contribution in [3.8, 4) is 0 Å². The summed E-state index contributed by atoms with van der Waals surface area (Å²) in [5.74, 6) is 2.00. The van der Waals surface area contributed by atoms with E-state index < -0.39 is 0 Å². The van der Waals surface area contributed by atoms with Crippen molar-refractivity contribution in [1.82, 2.24) is 15.5 Å². The van der Waals surface area contributed by atoms with E-state index in [2.05, 4.69) is 34.0 Å². The molecule has 2 rings (SSSR count). The van der Waals surface area contributed by atoms with Crippen LogP contribution in [0.1, 0.15) is 45.4 Å². The molecule has 2 N–H and O–H groups in total. The highest BCUT2D eigenvalue weighted by Gasteiger charge is 2.21. The van der Waals surface area contributed by atoms with Crippen LogP contribution in [0.2, 0.25) is 0 Å². The van der Waals surface area contributed by atoms with Crippen molar-refractivity contribution < 1.29 is 0 Å². The molecule has 0 radical (unpaired) electrons. The lowest BCUT2D eigenvalue weighted by atomic mass is 10.0. The fraction of sp³-hybridized carbons (Fsp3) is 0.824. The van der Waals surface area contributed by atoms with Gasteiger partial charge in [0.2, 0.25) is 0 Å². The van der Waals surface area contributed by atoms with Gasteiger partial charge in [-0.3, -0.25) is 9.89 Å². The predicted octanol–water partition coefficient (Wildman–Crippen LogP) is 3.00. The summed E-state index contributed by atoms with van der Waals surface area (Å²) in [5, 5.41) is 7.03. The number of hydrogen-bond acceptors (Lipinski definition) is 2. The summed E-state index contributed by atoms with van der Waals surface area (Å²) in [4.78, 5) is 6.84. The molecule has 0 amide bonds. The molecule has 0 aromatic heterocycles. The third-order valence-electron chi connectivity index (χ3n) is 4.42. The lowest BCUT2D eigenvalue weighted by Crippen LogP contribution is -2.49. The maximum atomic E-state index is 4.35. The highest BCUT2D eigenvalue weighted by Crippen LogP contribution is 2.33. The van der Waals surface area contributed by atoms with E-state index in [0.29, 0.717) is 6.04 Å². The molecule has 128 valence electrons. The van der Waals surface area contributed by atoms with Crippen molar-refractivity contribution in [2.24, 2.45) is 10.9 Å². The fourth-order valence-corrected chi connectivity index (χ4v) is 3.01. The number of hydrogen-bond donors (Lipinski definition) is 2. The minimum absolute atomic E-state index is 0. The molecule has 0 aromatic rings. The molecular weight excluding hydrogens is 387 g/mol. The third kappa shape index (κ3) is 7.81. The summed E-state index contributed by atoms with van der Waals surface area (Å²) < 4.78 is 0. The average Bonchev–Trinajstić information content (AvgIpc) is 3.27. The Morgan fingerprint density at radius 2 is 1.91 bits per heavy atom. The van der Waals surface area contributed by atoms with Crippen LogP contribution in [0.3, 0.4) is 0 Å². The second kappa shape index (κ2) is 10.5. The van der Waals surface area contributed by atoms with Gasteiger partial charge in [-0.05, 0) is 38.5 Å². The Hall–Kier alpha value is -0.300. The zero-order valence-electron chi connectivity index (χ0n) is 14.2. The van der Waals surface area contributed by atoms with Crippen LogP contribution >= 0.6 is 24.0 Å². The fourth-order valence-electron chi connectivity index (χ4n) is 3.01. The molecule has 0 aromatic carbocycles. The van der Waals surface area contributed by atoms with Crippen LogP contribution in [0, 0.1) is 5.92 Å². The molecule has 2 fully saturated rings. The Labute approximate surface area is 153 Å². The molecule has 1 heterocycles. The summed E-state index contributed by atoms with van der Waals surface area (Å²) in [6, 6.07) is 0.556. The molecule has 2 aliphatic rings. The molecule has 1 saturated carbocycles. The molecule has 1 aliphatic carbocycles. The van der Waals surface area contributed by atoms with Gasteiger partial charge in [-0.25, -0.2) is 0 Å². The van der Waals surface area contributed by atoms with Crippen molar-refractivity contribution in [3.63, 3.8) is 0 Å². The summed E-state index contributed by atoms with van der Waals surface area (Å²) in [5.41, 5.74) is 1.26. The van der Waals surface area contributed by atoms with Gasteiger partial charge in [0.15, 0.2) is 5.96 Å². The van der Waals surface area contributed by atoms with Crippen molar-refractivity contribution in [1.29, 1.82) is 0 Å². The monoisotopic (exact) mass is 420 g/mol. The van der Waals surface area contributed by atoms with E-state index >= 15 is 0 Å². The van der Waals surface area contributed by atoms with Gasteiger partial charge >= 0.3 is 0 Å². The van der Waals surface area contributed by atoms with E-state index in [4.69, 9.17) is 0 Å². The number of nitrogens with zero attached hydrogens (tertiary/aromatic N) is 2. The lowest BCUT2D eigenvalue weighted by Gasteiger charge is -2.33. The summed E-state index contributed by atoms with van der Waals surface area (Å²) >= 11 is 0. The van der Waals surface area contributed by atoms with Crippen LogP contribution in [0.25, 0.3) is 0 Å². The van der Waals surface area contributed by atoms with Gasteiger partial charge in [-0.2, -0.15) is 0 Å². The summed E-state index contributed by atoms with van der Waals surface area (Å²) in [7, 11) is 1.87. The summed E-state index contributed by atoms with van der Waals surface area (Å²) in [6.07, 6.45) is 7.93. The van der Waals surface area contributed by atoms with Gasteiger partial charge in [0.05, 0.1) is 0 Å². The number of guanidine groups is 1. The molecule has 4 nitrogen and oxygen atoms in total. The second-order valence-corrected chi connectivity index (χ2v) is 6.74. The lowest BCUT2D eigenvalue weighted by molar-refractivity contribution is 0.221. The van der Waals surface area contributed by atoms with Crippen LogP contribution < -0.4 is 10.6 Å². The van der Waals surface area contributed by atoms with E-state index in [1.807, 2.05) is 7.05 Å². The molecular formula is C17H33IN4. The Morgan fingerprint density at radius 1 is 1.23 bits per heavy atom. The van der Waals surface area contributed by atoms with E-state index in [9.17, 15) is 0 Å². The van der Waals surface area contributed by atoms with Crippen LogP contribution in [-0.4, -0.2) is 50.1 Å². The number of piperidine rings is 1. The largest absolute Gasteiger partial charge is 0.356 e. The SMILES string of the molecule is C=C(C)CN1CCC(NC(=NC)NCCCC2CC2)CC1.I. The Kier molecular flexibility index (Phi) is 9.40. The topological polar surface area (TPSA) is 39.7 Å². The number of nitrogens with one attached hydrogen (secondary N) is 2. The number of rotatable bonds is 7. The van der Waals surface area contributed by atoms with Crippen LogP contribution in [0.4, 0.5) is 0 Å². The summed E-state index contributed by atoms with van der Waals surface area (Å²) in [6.45, 7) is 10.5. The Morgan fingerprint density at radius 3 is 2.45 bits per heavy atom. The average molecular weight is 420 g/mol. The minimum atomic E-state index is 0. The van der Waals surface area contributed by atoms with Crippen LogP contribution in [0.5, 0.6) is 0 Å². The van der Waals surface area contributed by atoms with Gasteiger partial charge in [-0.1, -0.05) is 25.0 Å². The first kappa shape index (κ1) is 19.7. The van der Waals surface area contributed by atoms with Crippen molar-refractivity contribution >= 4 is 29.9 Å². The highest BCUT2D eigenvalue weighted by atomic mass is 127. The smallest absolute Gasteiger partial charge is 0.191 e. The van der Waals surface area contributed by atoms with Gasteiger partial charge < -0.3 is 10.6 Å². The molecule has 0 unspecified atom stereocenters. The molecule has 5 heteroatoms. The number of halogens is 1. The number of likely N-dealkylation sites (tertiary alicyclic amines) is 1. The van der Waals surface area contributed by atoms with E-state index in [-0.39, 0.29) is 24.0 Å².